The second-order valence-corrected chi connectivity index (χ2v) is 7.78. The van der Waals surface area contributed by atoms with E-state index in [-0.39, 0.29) is 12.5 Å². The fourth-order valence-corrected chi connectivity index (χ4v) is 3.68. The van der Waals surface area contributed by atoms with Crippen molar-refractivity contribution in [3.05, 3.63) is 84.4 Å². The van der Waals surface area contributed by atoms with Gasteiger partial charge in [0.15, 0.2) is 6.61 Å². The number of carbonyl (C=O) groups excluding carboxylic acids is 1. The maximum absolute atomic E-state index is 12.7. The summed E-state index contributed by atoms with van der Waals surface area (Å²) in [6.45, 7) is 3.74. The van der Waals surface area contributed by atoms with Gasteiger partial charge in [-0.3, -0.25) is 4.79 Å². The van der Waals surface area contributed by atoms with Crippen molar-refractivity contribution in [1.29, 1.82) is 0 Å². The first-order valence-corrected chi connectivity index (χ1v) is 10.9. The van der Waals surface area contributed by atoms with Crippen LogP contribution in [0.15, 0.2) is 78.9 Å². The topological polar surface area (TPSA) is 54.0 Å². The Balaban J connectivity index is 1.30. The highest BCUT2D eigenvalue weighted by Gasteiger charge is 2.17. The van der Waals surface area contributed by atoms with Gasteiger partial charge in [-0.2, -0.15) is 0 Å². The van der Waals surface area contributed by atoms with Crippen LogP contribution in [-0.4, -0.2) is 50.8 Å². The van der Waals surface area contributed by atoms with Crippen LogP contribution in [0.4, 0.5) is 17.1 Å². The molecule has 0 bridgehead atoms. The number of benzene rings is 3. The third-order valence-electron chi connectivity index (χ3n) is 5.46. The van der Waals surface area contributed by atoms with Crippen LogP contribution in [-0.2, 0) is 16.1 Å². The second kappa shape index (κ2) is 10.7. The van der Waals surface area contributed by atoms with Gasteiger partial charge in [0, 0.05) is 43.7 Å². The molecule has 1 aliphatic heterocycles. The van der Waals surface area contributed by atoms with Crippen molar-refractivity contribution in [2.24, 2.45) is 0 Å². The lowest BCUT2D eigenvalue weighted by Gasteiger charge is -2.31. The summed E-state index contributed by atoms with van der Waals surface area (Å²) in [5.74, 6) is 0.604. The van der Waals surface area contributed by atoms with Gasteiger partial charge in [-0.25, -0.2) is 0 Å². The largest absolute Gasteiger partial charge is 0.484 e. The molecule has 1 saturated heterocycles. The Morgan fingerprint density at radius 2 is 1.59 bits per heavy atom. The summed E-state index contributed by atoms with van der Waals surface area (Å²) in [5, 5.41) is 3.33. The fraction of sp³-hybridized carbons (Fsp3) is 0.269. The molecule has 1 N–H and O–H groups in total. The Morgan fingerprint density at radius 3 is 2.34 bits per heavy atom. The minimum absolute atomic E-state index is 0.00167. The zero-order chi connectivity index (χ0) is 22.2. The molecule has 0 atom stereocenters. The van der Waals surface area contributed by atoms with E-state index in [1.54, 1.807) is 4.90 Å². The highest BCUT2D eigenvalue weighted by molar-refractivity contribution is 5.77. The van der Waals surface area contributed by atoms with Crippen LogP contribution < -0.4 is 15.0 Å². The SMILES string of the molecule is CN(Cc1ccccc1N1CCOCC1)C(=O)COc1ccc(Nc2ccccc2)cc1. The molecule has 166 valence electrons. The molecule has 0 spiro atoms. The molecule has 0 aromatic heterocycles. The van der Waals surface area contributed by atoms with E-state index in [2.05, 4.69) is 22.3 Å². The first-order chi connectivity index (χ1) is 15.7. The average Bonchev–Trinajstić information content (AvgIpc) is 2.85. The van der Waals surface area contributed by atoms with Gasteiger partial charge in [0.1, 0.15) is 5.75 Å². The molecular formula is C26H29N3O3. The van der Waals surface area contributed by atoms with Gasteiger partial charge in [-0.15, -0.1) is 0 Å². The molecule has 1 amide bonds. The predicted molar refractivity (Wildman–Crippen MR) is 128 cm³/mol. The minimum Gasteiger partial charge on any atom is -0.484 e. The lowest BCUT2D eigenvalue weighted by molar-refractivity contribution is -0.132. The number of ether oxygens (including phenoxy) is 2. The molecule has 0 radical (unpaired) electrons. The van der Waals surface area contributed by atoms with E-state index in [0.29, 0.717) is 12.3 Å². The molecule has 3 aromatic rings. The van der Waals surface area contributed by atoms with Crippen molar-refractivity contribution in [3.8, 4) is 5.75 Å². The normalized spacial score (nSPS) is 13.5. The number of hydrogen-bond donors (Lipinski definition) is 1. The van der Waals surface area contributed by atoms with Crippen molar-refractivity contribution in [1.82, 2.24) is 4.90 Å². The summed E-state index contributed by atoms with van der Waals surface area (Å²) in [6, 6.07) is 25.8. The highest BCUT2D eigenvalue weighted by Crippen LogP contribution is 2.23. The molecule has 1 aliphatic rings. The minimum atomic E-state index is -0.0618. The fourth-order valence-electron chi connectivity index (χ4n) is 3.68. The van der Waals surface area contributed by atoms with E-state index >= 15 is 0 Å². The zero-order valence-electron chi connectivity index (χ0n) is 18.4. The van der Waals surface area contributed by atoms with Crippen LogP contribution in [0.25, 0.3) is 0 Å². The van der Waals surface area contributed by atoms with Crippen LogP contribution in [0, 0.1) is 0 Å². The molecule has 32 heavy (non-hydrogen) atoms. The van der Waals surface area contributed by atoms with E-state index in [1.165, 1.54) is 0 Å². The standard InChI is InChI=1S/C26H29N3O3/c1-28(19-21-7-5-6-10-25(21)29-15-17-31-18-16-29)26(30)20-32-24-13-11-23(12-14-24)27-22-8-3-2-4-9-22/h2-14,27H,15-20H2,1H3. The average molecular weight is 432 g/mol. The van der Waals surface area contributed by atoms with E-state index in [0.717, 1.165) is 48.9 Å². The smallest absolute Gasteiger partial charge is 0.260 e. The monoisotopic (exact) mass is 431 g/mol. The number of rotatable bonds is 8. The summed E-state index contributed by atoms with van der Waals surface area (Å²) < 4.78 is 11.2. The van der Waals surface area contributed by atoms with Gasteiger partial charge < -0.3 is 24.6 Å². The number of amides is 1. The summed E-state index contributed by atoms with van der Waals surface area (Å²) in [5.41, 5.74) is 4.28. The van der Waals surface area contributed by atoms with Gasteiger partial charge in [0.25, 0.3) is 5.91 Å². The molecule has 4 rings (SSSR count). The summed E-state index contributed by atoms with van der Waals surface area (Å²) >= 11 is 0. The number of morpholine rings is 1. The molecular weight excluding hydrogens is 402 g/mol. The Kier molecular flexibility index (Phi) is 7.25. The molecule has 1 heterocycles. The third kappa shape index (κ3) is 5.80. The molecule has 3 aromatic carbocycles. The third-order valence-corrected chi connectivity index (χ3v) is 5.46. The number of anilines is 3. The number of nitrogens with one attached hydrogen (secondary N) is 1. The number of nitrogens with zero attached hydrogens (tertiary/aromatic N) is 2. The van der Waals surface area contributed by atoms with Crippen LogP contribution in [0.2, 0.25) is 0 Å². The molecule has 1 fully saturated rings. The van der Waals surface area contributed by atoms with Crippen molar-refractivity contribution in [3.63, 3.8) is 0 Å². The number of para-hydroxylation sites is 2. The molecule has 0 aliphatic carbocycles. The Labute approximate surface area is 189 Å². The zero-order valence-corrected chi connectivity index (χ0v) is 18.4. The second-order valence-electron chi connectivity index (χ2n) is 7.78. The summed E-state index contributed by atoms with van der Waals surface area (Å²) in [7, 11) is 1.81. The van der Waals surface area contributed by atoms with Crippen molar-refractivity contribution in [2.75, 3.05) is 50.2 Å². The van der Waals surface area contributed by atoms with E-state index in [1.807, 2.05) is 73.8 Å². The lowest BCUT2D eigenvalue weighted by Crippen LogP contribution is -2.37. The molecule has 6 heteroatoms. The highest BCUT2D eigenvalue weighted by atomic mass is 16.5. The molecule has 6 nitrogen and oxygen atoms in total. The number of carbonyl (C=O) groups is 1. The van der Waals surface area contributed by atoms with Gasteiger partial charge in [0.2, 0.25) is 0 Å². The first kappa shape index (κ1) is 21.7. The van der Waals surface area contributed by atoms with Gasteiger partial charge in [-0.05, 0) is 48.0 Å². The number of likely N-dealkylation sites (N-methyl/N-ethyl adjacent to an activating group) is 1. The van der Waals surface area contributed by atoms with Crippen LogP contribution in [0.1, 0.15) is 5.56 Å². The van der Waals surface area contributed by atoms with Crippen LogP contribution in [0.3, 0.4) is 0 Å². The maximum Gasteiger partial charge on any atom is 0.260 e. The van der Waals surface area contributed by atoms with E-state index in [9.17, 15) is 4.79 Å². The first-order valence-electron chi connectivity index (χ1n) is 10.9. The Hall–Kier alpha value is -3.51. The molecule has 0 unspecified atom stereocenters. The van der Waals surface area contributed by atoms with Crippen molar-refractivity contribution in [2.45, 2.75) is 6.54 Å². The Morgan fingerprint density at radius 1 is 0.938 bits per heavy atom. The summed E-state index contributed by atoms with van der Waals surface area (Å²) in [6.07, 6.45) is 0. The quantitative estimate of drug-likeness (QED) is 0.576. The van der Waals surface area contributed by atoms with Gasteiger partial charge in [-0.1, -0.05) is 36.4 Å². The van der Waals surface area contributed by atoms with Crippen LogP contribution in [0.5, 0.6) is 5.75 Å². The predicted octanol–water partition coefficient (Wildman–Crippen LogP) is 4.30. The van der Waals surface area contributed by atoms with Gasteiger partial charge in [0.05, 0.1) is 13.2 Å². The summed E-state index contributed by atoms with van der Waals surface area (Å²) in [4.78, 5) is 16.7. The van der Waals surface area contributed by atoms with E-state index in [4.69, 9.17) is 9.47 Å². The lowest BCUT2D eigenvalue weighted by atomic mass is 10.1. The Bertz CT molecular complexity index is 1000. The van der Waals surface area contributed by atoms with E-state index < -0.39 is 0 Å². The van der Waals surface area contributed by atoms with Crippen molar-refractivity contribution >= 4 is 23.0 Å². The van der Waals surface area contributed by atoms with Crippen LogP contribution >= 0.6 is 0 Å². The van der Waals surface area contributed by atoms with Crippen molar-refractivity contribution < 1.29 is 14.3 Å². The number of hydrogen-bond acceptors (Lipinski definition) is 5. The maximum atomic E-state index is 12.7. The molecule has 0 saturated carbocycles. The van der Waals surface area contributed by atoms with Gasteiger partial charge >= 0.3 is 0 Å².